The lowest BCUT2D eigenvalue weighted by Gasteiger charge is -2.25. The van der Waals surface area contributed by atoms with Crippen LogP contribution in [0.4, 0.5) is 11.4 Å². The summed E-state index contributed by atoms with van der Waals surface area (Å²) in [5.41, 5.74) is 1.92. The number of likely N-dealkylation sites (N-methyl/N-ethyl adjacent to an activating group) is 1. The van der Waals surface area contributed by atoms with Crippen molar-refractivity contribution in [2.75, 3.05) is 37.7 Å². The molecule has 0 spiro atoms. The van der Waals surface area contributed by atoms with Gasteiger partial charge in [0.15, 0.2) is 11.5 Å². The molecule has 8 heteroatoms. The number of hydrogen-bond donors (Lipinski definition) is 1. The van der Waals surface area contributed by atoms with Gasteiger partial charge in [-0.3, -0.25) is 14.9 Å². The molecule has 0 saturated carbocycles. The molecular weight excluding hydrogens is 362 g/mol. The quantitative estimate of drug-likeness (QED) is 0.582. The van der Waals surface area contributed by atoms with Crippen LogP contribution in [-0.4, -0.2) is 43.7 Å². The molecule has 1 aliphatic rings. The number of carbonyl (C=O) groups excluding carboxylic acids is 1. The molecule has 1 aliphatic heterocycles. The average molecular weight is 385 g/mol. The summed E-state index contributed by atoms with van der Waals surface area (Å²) in [5.74, 6) is 0.118. The highest BCUT2D eigenvalue weighted by atomic mass is 16.6. The van der Waals surface area contributed by atoms with E-state index in [9.17, 15) is 14.9 Å². The van der Waals surface area contributed by atoms with Gasteiger partial charge in [0.05, 0.1) is 11.0 Å². The fourth-order valence-corrected chi connectivity index (χ4v) is 3.18. The topological polar surface area (TPSA) is 93.9 Å². The van der Waals surface area contributed by atoms with E-state index >= 15 is 0 Å². The van der Waals surface area contributed by atoms with Crippen LogP contribution in [0.15, 0.2) is 36.4 Å². The molecule has 0 atom stereocenters. The van der Waals surface area contributed by atoms with Crippen molar-refractivity contribution in [1.82, 2.24) is 5.32 Å². The number of rotatable bonds is 7. The zero-order chi connectivity index (χ0) is 20.1. The number of nitro groups is 1. The van der Waals surface area contributed by atoms with Crippen LogP contribution in [0.3, 0.4) is 0 Å². The molecule has 2 aromatic rings. The van der Waals surface area contributed by atoms with Crippen LogP contribution in [0.1, 0.15) is 22.8 Å². The SMILES string of the molecule is CCN(CCNC(=O)c1cc2c(cc1[N+](=O)[O-])OCCO2)c1ccccc1C. The minimum absolute atomic E-state index is 0.0341. The van der Waals surface area contributed by atoms with Crippen LogP contribution in [-0.2, 0) is 0 Å². The highest BCUT2D eigenvalue weighted by Gasteiger charge is 2.26. The fraction of sp³-hybridized carbons (Fsp3) is 0.350. The van der Waals surface area contributed by atoms with Crippen LogP contribution in [0.25, 0.3) is 0 Å². The number of benzene rings is 2. The second kappa shape index (κ2) is 8.60. The van der Waals surface area contributed by atoms with Crippen molar-refractivity contribution < 1.29 is 19.2 Å². The number of amides is 1. The summed E-state index contributed by atoms with van der Waals surface area (Å²) < 4.78 is 10.8. The predicted molar refractivity (Wildman–Crippen MR) is 105 cm³/mol. The van der Waals surface area contributed by atoms with Crippen molar-refractivity contribution in [2.24, 2.45) is 0 Å². The zero-order valence-electron chi connectivity index (χ0n) is 15.9. The fourth-order valence-electron chi connectivity index (χ4n) is 3.18. The minimum atomic E-state index is -0.584. The van der Waals surface area contributed by atoms with Gasteiger partial charge in [0.25, 0.3) is 11.6 Å². The van der Waals surface area contributed by atoms with Gasteiger partial charge in [-0.25, -0.2) is 0 Å². The van der Waals surface area contributed by atoms with Crippen LogP contribution in [0.5, 0.6) is 11.5 Å². The summed E-state index contributed by atoms with van der Waals surface area (Å²) in [4.78, 5) is 25.5. The van der Waals surface area contributed by atoms with E-state index in [0.29, 0.717) is 32.1 Å². The first-order valence-electron chi connectivity index (χ1n) is 9.18. The third-order valence-corrected chi connectivity index (χ3v) is 4.61. The molecule has 2 aromatic carbocycles. The first kappa shape index (κ1) is 19.5. The van der Waals surface area contributed by atoms with E-state index in [0.717, 1.165) is 17.8 Å². The van der Waals surface area contributed by atoms with Gasteiger partial charge < -0.3 is 19.7 Å². The largest absolute Gasteiger partial charge is 0.486 e. The molecule has 28 heavy (non-hydrogen) atoms. The summed E-state index contributed by atoms with van der Waals surface area (Å²) >= 11 is 0. The zero-order valence-corrected chi connectivity index (χ0v) is 15.9. The van der Waals surface area contributed by atoms with Gasteiger partial charge in [-0.2, -0.15) is 0 Å². The number of anilines is 1. The monoisotopic (exact) mass is 385 g/mol. The number of nitro benzene ring substituents is 1. The van der Waals surface area contributed by atoms with E-state index in [4.69, 9.17) is 9.47 Å². The Kier molecular flexibility index (Phi) is 5.98. The Morgan fingerprint density at radius 2 is 1.89 bits per heavy atom. The second-order valence-corrected chi connectivity index (χ2v) is 6.39. The minimum Gasteiger partial charge on any atom is -0.486 e. The van der Waals surface area contributed by atoms with E-state index in [1.807, 2.05) is 38.1 Å². The molecule has 0 bridgehead atoms. The Labute approximate surface area is 163 Å². The molecule has 0 fully saturated rings. The second-order valence-electron chi connectivity index (χ2n) is 6.39. The number of aryl methyl sites for hydroxylation is 1. The van der Waals surface area contributed by atoms with Gasteiger partial charge in [0.1, 0.15) is 18.8 Å². The standard InChI is InChI=1S/C20H23N3O5/c1-3-22(16-7-5-4-6-14(16)2)9-8-21-20(24)15-12-18-19(28-11-10-27-18)13-17(15)23(25)26/h4-7,12-13H,3,8-11H2,1-2H3,(H,21,24). The van der Waals surface area contributed by atoms with Crippen molar-refractivity contribution in [1.29, 1.82) is 0 Å². The number of ether oxygens (including phenoxy) is 2. The van der Waals surface area contributed by atoms with Crippen LogP contribution >= 0.6 is 0 Å². The van der Waals surface area contributed by atoms with Crippen LogP contribution < -0.4 is 19.7 Å². The molecule has 1 N–H and O–H groups in total. The molecule has 0 aliphatic carbocycles. The molecule has 0 unspecified atom stereocenters. The Hall–Kier alpha value is -3.29. The van der Waals surface area contributed by atoms with Gasteiger partial charge >= 0.3 is 0 Å². The number of fused-ring (bicyclic) bond motifs is 1. The van der Waals surface area contributed by atoms with Gasteiger partial charge in [0.2, 0.25) is 0 Å². The molecule has 1 amide bonds. The van der Waals surface area contributed by atoms with Gasteiger partial charge in [0, 0.05) is 31.4 Å². The maximum absolute atomic E-state index is 12.6. The molecule has 0 radical (unpaired) electrons. The molecule has 0 saturated heterocycles. The Morgan fingerprint density at radius 1 is 1.21 bits per heavy atom. The number of nitrogens with zero attached hydrogens (tertiary/aromatic N) is 2. The molecular formula is C20H23N3O5. The van der Waals surface area contributed by atoms with Crippen molar-refractivity contribution in [3.05, 3.63) is 57.6 Å². The molecule has 8 nitrogen and oxygen atoms in total. The van der Waals surface area contributed by atoms with Crippen molar-refractivity contribution in [2.45, 2.75) is 13.8 Å². The summed E-state index contributed by atoms with van der Waals surface area (Å²) in [6.07, 6.45) is 0. The lowest BCUT2D eigenvalue weighted by molar-refractivity contribution is -0.385. The summed E-state index contributed by atoms with van der Waals surface area (Å²) in [5, 5.41) is 14.2. The first-order chi connectivity index (χ1) is 13.5. The van der Waals surface area contributed by atoms with Crippen LogP contribution in [0, 0.1) is 17.0 Å². The van der Waals surface area contributed by atoms with E-state index < -0.39 is 10.8 Å². The smallest absolute Gasteiger partial charge is 0.286 e. The normalized spacial score (nSPS) is 12.4. The van der Waals surface area contributed by atoms with Gasteiger partial charge in [-0.05, 0) is 25.5 Å². The molecule has 0 aromatic heterocycles. The maximum Gasteiger partial charge on any atom is 0.286 e. The lowest BCUT2D eigenvalue weighted by atomic mass is 10.1. The maximum atomic E-state index is 12.6. The van der Waals surface area contributed by atoms with E-state index in [-0.39, 0.29) is 17.0 Å². The Bertz CT molecular complexity index is 884. The summed E-state index contributed by atoms with van der Waals surface area (Å²) in [6.45, 7) is 6.47. The molecule has 3 rings (SSSR count). The number of para-hydroxylation sites is 1. The number of carbonyl (C=O) groups is 1. The van der Waals surface area contributed by atoms with Gasteiger partial charge in [-0.1, -0.05) is 18.2 Å². The third-order valence-electron chi connectivity index (χ3n) is 4.61. The average Bonchev–Trinajstić information content (AvgIpc) is 2.70. The Balaban J connectivity index is 1.71. The van der Waals surface area contributed by atoms with Crippen molar-refractivity contribution >= 4 is 17.3 Å². The first-order valence-corrected chi connectivity index (χ1v) is 9.18. The van der Waals surface area contributed by atoms with E-state index in [1.165, 1.54) is 12.1 Å². The predicted octanol–water partition coefficient (Wildman–Crippen LogP) is 2.93. The molecule has 1 heterocycles. The highest BCUT2D eigenvalue weighted by molar-refractivity contribution is 5.99. The van der Waals surface area contributed by atoms with E-state index in [1.54, 1.807) is 0 Å². The summed E-state index contributed by atoms with van der Waals surface area (Å²) in [7, 11) is 0. The summed E-state index contributed by atoms with van der Waals surface area (Å²) in [6, 6.07) is 10.6. The van der Waals surface area contributed by atoms with Crippen molar-refractivity contribution in [3.63, 3.8) is 0 Å². The molecule has 148 valence electrons. The lowest BCUT2D eigenvalue weighted by Crippen LogP contribution is -2.35. The van der Waals surface area contributed by atoms with Gasteiger partial charge in [-0.15, -0.1) is 0 Å². The van der Waals surface area contributed by atoms with E-state index in [2.05, 4.69) is 10.2 Å². The Morgan fingerprint density at radius 3 is 2.54 bits per heavy atom. The number of hydrogen-bond acceptors (Lipinski definition) is 6. The number of nitrogens with one attached hydrogen (secondary N) is 1. The van der Waals surface area contributed by atoms with Crippen molar-refractivity contribution in [3.8, 4) is 11.5 Å². The third kappa shape index (κ3) is 4.16. The van der Waals surface area contributed by atoms with Crippen LogP contribution in [0.2, 0.25) is 0 Å². The highest BCUT2D eigenvalue weighted by Crippen LogP contribution is 2.36.